The van der Waals surface area contributed by atoms with Crippen molar-refractivity contribution in [1.29, 1.82) is 0 Å². The molecule has 11 aromatic rings. The number of para-hydroxylation sites is 3. The van der Waals surface area contributed by atoms with Crippen LogP contribution in [0.3, 0.4) is 0 Å². The summed E-state index contributed by atoms with van der Waals surface area (Å²) in [7, 11) is 0. The summed E-state index contributed by atoms with van der Waals surface area (Å²) < 4.78 is 4.83. The predicted molar refractivity (Wildman–Crippen MR) is 258 cm³/mol. The summed E-state index contributed by atoms with van der Waals surface area (Å²) in [6.45, 7) is 0. The van der Waals surface area contributed by atoms with Crippen LogP contribution in [0.5, 0.6) is 0 Å². The van der Waals surface area contributed by atoms with E-state index in [0.29, 0.717) is 5.84 Å². The van der Waals surface area contributed by atoms with Gasteiger partial charge in [0, 0.05) is 44.0 Å². The van der Waals surface area contributed by atoms with Crippen molar-refractivity contribution in [3.05, 3.63) is 241 Å². The molecule has 5 nitrogen and oxygen atoms in total. The lowest BCUT2D eigenvalue weighted by Crippen LogP contribution is -2.34. The first kappa shape index (κ1) is 35.6. The molecule has 3 heterocycles. The first-order valence-electron chi connectivity index (χ1n) is 21.1. The lowest BCUT2D eigenvalue weighted by Gasteiger charge is -2.26. The summed E-state index contributed by atoms with van der Waals surface area (Å²) in [4.78, 5) is 10.6. The molecular formula is C57H39N5. The van der Waals surface area contributed by atoms with Crippen LogP contribution in [0.1, 0.15) is 22.9 Å². The molecule has 0 saturated carbocycles. The first-order valence-corrected chi connectivity index (χ1v) is 21.1. The number of rotatable bonds is 7. The molecule has 1 unspecified atom stereocenters. The number of aliphatic imine (C=N–C) groups is 2. The number of hydrogen-bond donors (Lipinski definition) is 1. The fraction of sp³-hybridized carbons (Fsp3) is 0.0175. The maximum absolute atomic E-state index is 5.39. The number of nitrogens with one attached hydrogen (secondary N) is 1. The van der Waals surface area contributed by atoms with Gasteiger partial charge in [-0.05, 0) is 76.3 Å². The Hall–Kier alpha value is -8.28. The van der Waals surface area contributed by atoms with E-state index in [2.05, 4.69) is 221 Å². The lowest BCUT2D eigenvalue weighted by atomic mass is 9.97. The fourth-order valence-electron chi connectivity index (χ4n) is 9.33. The van der Waals surface area contributed by atoms with Gasteiger partial charge in [0.15, 0.2) is 5.84 Å². The van der Waals surface area contributed by atoms with Gasteiger partial charge in [0.05, 0.1) is 22.1 Å². The highest BCUT2D eigenvalue weighted by atomic mass is 15.2. The summed E-state index contributed by atoms with van der Waals surface area (Å²) in [6.07, 6.45) is -0.440. The Morgan fingerprint density at radius 2 is 0.855 bits per heavy atom. The summed E-state index contributed by atoms with van der Waals surface area (Å²) in [5.74, 6) is 1.47. The van der Waals surface area contributed by atoms with Crippen LogP contribution in [-0.2, 0) is 0 Å². The monoisotopic (exact) mass is 793 g/mol. The van der Waals surface area contributed by atoms with Crippen molar-refractivity contribution in [1.82, 2.24) is 14.5 Å². The van der Waals surface area contributed by atoms with E-state index >= 15 is 0 Å². The zero-order valence-corrected chi connectivity index (χ0v) is 33.7. The summed E-state index contributed by atoms with van der Waals surface area (Å²) in [5, 5.41) is 8.72. The molecule has 1 aliphatic rings. The van der Waals surface area contributed by atoms with Crippen molar-refractivity contribution in [3.63, 3.8) is 0 Å². The molecule has 0 bridgehead atoms. The maximum Gasteiger partial charge on any atom is 0.159 e. The van der Waals surface area contributed by atoms with Crippen LogP contribution in [0.4, 0.5) is 0 Å². The third-order valence-corrected chi connectivity index (χ3v) is 12.2. The van der Waals surface area contributed by atoms with Crippen molar-refractivity contribution >= 4 is 55.3 Å². The van der Waals surface area contributed by atoms with E-state index in [1.165, 1.54) is 32.6 Å². The smallest absolute Gasteiger partial charge is 0.159 e. The number of hydrogen-bond acceptors (Lipinski definition) is 3. The van der Waals surface area contributed by atoms with Crippen LogP contribution in [0, 0.1) is 0 Å². The van der Waals surface area contributed by atoms with Crippen molar-refractivity contribution in [2.75, 3.05) is 0 Å². The highest BCUT2D eigenvalue weighted by Gasteiger charge is 2.25. The Labute approximate surface area is 359 Å². The van der Waals surface area contributed by atoms with E-state index < -0.39 is 6.17 Å². The molecule has 62 heavy (non-hydrogen) atoms. The minimum absolute atomic E-state index is 0.440. The van der Waals surface area contributed by atoms with Crippen molar-refractivity contribution in [3.8, 4) is 33.6 Å². The zero-order valence-electron chi connectivity index (χ0n) is 33.7. The topological polar surface area (TPSA) is 46.6 Å². The summed E-state index contributed by atoms with van der Waals surface area (Å²) >= 11 is 0. The molecule has 1 aliphatic heterocycles. The number of amidine groups is 2. The highest BCUT2D eigenvalue weighted by Crippen LogP contribution is 2.39. The Bertz CT molecular complexity index is 3490. The molecule has 0 radical (unpaired) electrons. The molecule has 1 atom stereocenters. The van der Waals surface area contributed by atoms with Gasteiger partial charge in [-0.1, -0.05) is 176 Å². The van der Waals surface area contributed by atoms with E-state index in [0.717, 1.165) is 67.2 Å². The fourth-order valence-corrected chi connectivity index (χ4v) is 9.33. The molecule has 0 amide bonds. The van der Waals surface area contributed by atoms with E-state index in [-0.39, 0.29) is 0 Å². The van der Waals surface area contributed by atoms with Gasteiger partial charge in [-0.25, -0.2) is 9.98 Å². The highest BCUT2D eigenvalue weighted by molar-refractivity contribution is 6.15. The molecule has 9 aromatic carbocycles. The summed E-state index contributed by atoms with van der Waals surface area (Å²) in [5.41, 5.74) is 14.3. The number of aromatic nitrogens is 2. The van der Waals surface area contributed by atoms with Crippen LogP contribution < -0.4 is 5.32 Å². The molecule has 2 aromatic heterocycles. The number of benzene rings is 9. The second-order valence-corrected chi connectivity index (χ2v) is 15.8. The Morgan fingerprint density at radius 3 is 1.48 bits per heavy atom. The van der Waals surface area contributed by atoms with Gasteiger partial charge in [0.25, 0.3) is 0 Å². The van der Waals surface area contributed by atoms with Gasteiger partial charge in [0.2, 0.25) is 0 Å². The van der Waals surface area contributed by atoms with Gasteiger partial charge in [-0.2, -0.15) is 0 Å². The van der Waals surface area contributed by atoms with E-state index in [1.54, 1.807) is 0 Å². The average Bonchev–Trinajstić information content (AvgIpc) is 3.87. The number of fused-ring (bicyclic) bond motifs is 6. The van der Waals surface area contributed by atoms with Crippen molar-refractivity contribution < 1.29 is 0 Å². The van der Waals surface area contributed by atoms with Crippen LogP contribution in [0.15, 0.2) is 234 Å². The first-order chi connectivity index (χ1) is 30.7. The molecule has 0 saturated heterocycles. The molecule has 0 spiro atoms. The molecule has 5 heteroatoms. The minimum atomic E-state index is -0.440. The van der Waals surface area contributed by atoms with Gasteiger partial charge in [-0.3, -0.25) is 0 Å². The normalized spacial score (nSPS) is 14.0. The largest absolute Gasteiger partial charge is 0.344 e. The van der Waals surface area contributed by atoms with E-state index in [9.17, 15) is 0 Å². The maximum atomic E-state index is 5.39. The van der Waals surface area contributed by atoms with Crippen molar-refractivity contribution in [2.45, 2.75) is 6.17 Å². The average molecular weight is 794 g/mol. The van der Waals surface area contributed by atoms with E-state index in [1.807, 2.05) is 18.2 Å². The van der Waals surface area contributed by atoms with Crippen LogP contribution in [-0.4, -0.2) is 20.8 Å². The van der Waals surface area contributed by atoms with Gasteiger partial charge >= 0.3 is 0 Å². The second kappa shape index (κ2) is 14.8. The second-order valence-electron chi connectivity index (χ2n) is 15.8. The predicted octanol–water partition coefficient (Wildman–Crippen LogP) is 13.7. The van der Waals surface area contributed by atoms with Gasteiger partial charge < -0.3 is 14.5 Å². The molecule has 12 rings (SSSR count). The quantitative estimate of drug-likeness (QED) is 0.172. The Kier molecular flexibility index (Phi) is 8.49. The molecule has 1 N–H and O–H groups in total. The lowest BCUT2D eigenvalue weighted by molar-refractivity contribution is 0.674. The van der Waals surface area contributed by atoms with Crippen LogP contribution in [0.2, 0.25) is 0 Å². The molecule has 0 fully saturated rings. The Morgan fingerprint density at radius 1 is 0.355 bits per heavy atom. The minimum Gasteiger partial charge on any atom is -0.344 e. The van der Waals surface area contributed by atoms with Crippen LogP contribution >= 0.6 is 0 Å². The SMILES string of the molecule is c1ccc(C2=NC(c3cc(-c4ccccc4)cc(-n4c5ccccc5c5ccc(-n6c7ccccc7c7ccccc76)cc54)c3)NC(c3ccccc3-c3ccccc3)=N2)cc1. The number of nitrogens with zero attached hydrogens (tertiary/aromatic N) is 4. The zero-order chi connectivity index (χ0) is 41.0. The Balaban J connectivity index is 1.08. The third kappa shape index (κ3) is 6.02. The van der Waals surface area contributed by atoms with Gasteiger partial charge in [0.1, 0.15) is 12.0 Å². The van der Waals surface area contributed by atoms with Crippen molar-refractivity contribution in [2.24, 2.45) is 9.98 Å². The molecule has 0 aliphatic carbocycles. The summed E-state index contributed by atoms with van der Waals surface area (Å²) in [6, 6.07) is 80.0. The van der Waals surface area contributed by atoms with Gasteiger partial charge in [-0.15, -0.1) is 0 Å². The molecular weight excluding hydrogens is 755 g/mol. The molecule has 292 valence electrons. The van der Waals surface area contributed by atoms with E-state index in [4.69, 9.17) is 9.98 Å². The third-order valence-electron chi connectivity index (χ3n) is 12.2. The van der Waals surface area contributed by atoms with Crippen LogP contribution in [0.25, 0.3) is 77.2 Å². The standard InChI is InChI=1S/C57H39N5/c1-4-18-38(19-5-1)41-34-42(56-58-55(40-22-8-3-9-23-40)59-57(60-56)50-28-11-10-24-45(50)39-20-6-2-7-21-39)36-44(35-41)62-53-31-17-14-27-48(53)49-33-32-43(37-54(49)62)61-51-29-15-12-25-46(51)47-26-13-16-30-52(47)61/h1-37,56H,(H,58,59,60).